The molecule has 0 radical (unpaired) electrons. The fourth-order valence-electron chi connectivity index (χ4n) is 2.00. The van der Waals surface area contributed by atoms with Crippen LogP contribution in [0.3, 0.4) is 0 Å². The number of carboxylic acid groups (broad SMARTS) is 1. The average molecular weight is 263 g/mol. The molecule has 0 aromatic heterocycles. The molecule has 0 saturated heterocycles. The van der Waals surface area contributed by atoms with Gasteiger partial charge < -0.3 is 10.4 Å². The number of aliphatic carboxylic acids is 1. The van der Waals surface area contributed by atoms with Crippen LogP contribution < -0.4 is 5.32 Å². The lowest BCUT2D eigenvalue weighted by Crippen LogP contribution is -2.26. The lowest BCUT2D eigenvalue weighted by Gasteiger charge is -2.16. The minimum atomic E-state index is -0.882. The zero-order valence-electron chi connectivity index (χ0n) is 11.6. The lowest BCUT2D eigenvalue weighted by molar-refractivity contribution is -0.137. The first kappa shape index (κ1) is 15.2. The SMILES string of the molecule is CNC(=O)C(CCC(=O)O)c1ccc(C(C)C)cc1. The van der Waals surface area contributed by atoms with E-state index in [0.717, 1.165) is 5.56 Å². The molecule has 1 rings (SSSR count). The van der Waals surface area contributed by atoms with Gasteiger partial charge in [-0.3, -0.25) is 9.59 Å². The Bertz CT molecular complexity index is 437. The van der Waals surface area contributed by atoms with Crippen molar-refractivity contribution < 1.29 is 14.7 Å². The number of hydrogen-bond donors (Lipinski definition) is 2. The number of carbonyl (C=O) groups excluding carboxylic acids is 1. The van der Waals surface area contributed by atoms with Crippen molar-refractivity contribution in [3.8, 4) is 0 Å². The highest BCUT2D eigenvalue weighted by Crippen LogP contribution is 2.24. The minimum absolute atomic E-state index is 0.00990. The summed E-state index contributed by atoms with van der Waals surface area (Å²) in [6, 6.07) is 7.82. The van der Waals surface area contributed by atoms with Crippen LogP contribution in [-0.4, -0.2) is 24.0 Å². The lowest BCUT2D eigenvalue weighted by atomic mass is 9.91. The molecule has 0 fully saturated rings. The maximum atomic E-state index is 11.8. The topological polar surface area (TPSA) is 66.4 Å². The first-order valence-electron chi connectivity index (χ1n) is 6.49. The van der Waals surface area contributed by atoms with Gasteiger partial charge in [0.2, 0.25) is 5.91 Å². The standard InChI is InChI=1S/C15H21NO3/c1-10(2)11-4-6-12(7-5-11)13(15(19)16-3)8-9-14(17)18/h4-7,10,13H,8-9H2,1-3H3,(H,16,19)(H,17,18). The largest absolute Gasteiger partial charge is 0.481 e. The molecule has 0 spiro atoms. The van der Waals surface area contributed by atoms with Gasteiger partial charge in [0, 0.05) is 13.5 Å². The van der Waals surface area contributed by atoms with Gasteiger partial charge in [-0.2, -0.15) is 0 Å². The summed E-state index contributed by atoms with van der Waals surface area (Å²) in [5, 5.41) is 11.3. The molecule has 0 bridgehead atoms. The molecule has 19 heavy (non-hydrogen) atoms. The monoisotopic (exact) mass is 263 g/mol. The van der Waals surface area contributed by atoms with Crippen molar-refractivity contribution in [1.29, 1.82) is 0 Å². The number of rotatable bonds is 6. The van der Waals surface area contributed by atoms with Crippen LogP contribution in [0.15, 0.2) is 24.3 Å². The van der Waals surface area contributed by atoms with Gasteiger partial charge in [0.25, 0.3) is 0 Å². The first-order valence-corrected chi connectivity index (χ1v) is 6.49. The predicted molar refractivity (Wildman–Crippen MR) is 74.2 cm³/mol. The minimum Gasteiger partial charge on any atom is -0.481 e. The van der Waals surface area contributed by atoms with Crippen LogP contribution in [0.4, 0.5) is 0 Å². The van der Waals surface area contributed by atoms with Crippen molar-refractivity contribution in [2.24, 2.45) is 0 Å². The second kappa shape index (κ2) is 6.92. The molecule has 1 amide bonds. The van der Waals surface area contributed by atoms with Crippen LogP contribution in [0.1, 0.15) is 49.7 Å². The fraction of sp³-hybridized carbons (Fsp3) is 0.467. The van der Waals surface area contributed by atoms with Gasteiger partial charge in [-0.25, -0.2) is 0 Å². The van der Waals surface area contributed by atoms with E-state index in [-0.39, 0.29) is 12.3 Å². The number of nitrogens with one attached hydrogen (secondary N) is 1. The Morgan fingerprint density at radius 1 is 1.16 bits per heavy atom. The molecule has 4 nitrogen and oxygen atoms in total. The van der Waals surface area contributed by atoms with E-state index in [9.17, 15) is 9.59 Å². The molecule has 0 aliphatic carbocycles. The molecule has 0 aliphatic rings. The van der Waals surface area contributed by atoms with E-state index >= 15 is 0 Å². The van der Waals surface area contributed by atoms with Gasteiger partial charge in [-0.1, -0.05) is 38.1 Å². The number of carboxylic acids is 1. The summed E-state index contributed by atoms with van der Waals surface area (Å²) in [6.07, 6.45) is 0.306. The van der Waals surface area contributed by atoms with E-state index in [1.54, 1.807) is 7.05 Å². The molecule has 2 N–H and O–H groups in total. The second-order valence-electron chi connectivity index (χ2n) is 4.92. The third kappa shape index (κ3) is 4.39. The molecule has 1 aromatic rings. The summed E-state index contributed by atoms with van der Waals surface area (Å²) in [6.45, 7) is 4.21. The van der Waals surface area contributed by atoms with Crippen LogP contribution in [0.5, 0.6) is 0 Å². The van der Waals surface area contributed by atoms with Gasteiger partial charge in [0.05, 0.1) is 5.92 Å². The zero-order chi connectivity index (χ0) is 14.4. The number of carbonyl (C=O) groups is 2. The molecule has 0 saturated carbocycles. The second-order valence-corrected chi connectivity index (χ2v) is 4.92. The third-order valence-electron chi connectivity index (χ3n) is 3.22. The van der Waals surface area contributed by atoms with Gasteiger partial charge in [0.1, 0.15) is 0 Å². The molecular formula is C15H21NO3. The van der Waals surface area contributed by atoms with E-state index in [4.69, 9.17) is 5.11 Å². The highest BCUT2D eigenvalue weighted by molar-refractivity contribution is 5.84. The van der Waals surface area contributed by atoms with Gasteiger partial charge >= 0.3 is 5.97 Å². The normalized spacial score (nSPS) is 12.2. The van der Waals surface area contributed by atoms with Crippen molar-refractivity contribution >= 4 is 11.9 Å². The third-order valence-corrected chi connectivity index (χ3v) is 3.22. The van der Waals surface area contributed by atoms with Crippen molar-refractivity contribution in [3.05, 3.63) is 35.4 Å². The Balaban J connectivity index is 2.90. The van der Waals surface area contributed by atoms with E-state index in [2.05, 4.69) is 19.2 Å². The Labute approximate surface area is 113 Å². The fourth-order valence-corrected chi connectivity index (χ4v) is 2.00. The molecule has 0 aliphatic heterocycles. The molecule has 104 valence electrons. The number of likely N-dealkylation sites (N-methyl/N-ethyl adjacent to an activating group) is 1. The quantitative estimate of drug-likeness (QED) is 0.828. The summed E-state index contributed by atoms with van der Waals surface area (Å²) in [5.74, 6) is -0.986. The first-order chi connectivity index (χ1) is 8.95. The van der Waals surface area contributed by atoms with E-state index in [0.29, 0.717) is 12.3 Å². The highest BCUT2D eigenvalue weighted by atomic mass is 16.4. The number of hydrogen-bond acceptors (Lipinski definition) is 2. The molecule has 0 heterocycles. The Hall–Kier alpha value is -1.84. The predicted octanol–water partition coefficient (Wildman–Crippen LogP) is 2.50. The Kier molecular flexibility index (Phi) is 5.55. The zero-order valence-corrected chi connectivity index (χ0v) is 11.6. The van der Waals surface area contributed by atoms with Crippen LogP contribution in [0.25, 0.3) is 0 Å². The molecule has 1 aromatic carbocycles. The van der Waals surface area contributed by atoms with Crippen molar-refractivity contribution in [3.63, 3.8) is 0 Å². The van der Waals surface area contributed by atoms with E-state index < -0.39 is 11.9 Å². The Morgan fingerprint density at radius 3 is 2.11 bits per heavy atom. The summed E-state index contributed by atoms with van der Waals surface area (Å²) in [5.41, 5.74) is 2.07. The maximum absolute atomic E-state index is 11.8. The van der Waals surface area contributed by atoms with Crippen LogP contribution in [-0.2, 0) is 9.59 Å². The van der Waals surface area contributed by atoms with E-state index in [1.165, 1.54) is 5.56 Å². The smallest absolute Gasteiger partial charge is 0.303 e. The summed E-state index contributed by atoms with van der Waals surface area (Å²) in [7, 11) is 1.57. The average Bonchev–Trinajstić information content (AvgIpc) is 2.38. The highest BCUT2D eigenvalue weighted by Gasteiger charge is 2.20. The number of benzene rings is 1. The van der Waals surface area contributed by atoms with E-state index in [1.807, 2.05) is 24.3 Å². The molecule has 1 unspecified atom stereocenters. The van der Waals surface area contributed by atoms with Crippen LogP contribution in [0, 0.1) is 0 Å². The van der Waals surface area contributed by atoms with Gasteiger partial charge in [-0.15, -0.1) is 0 Å². The summed E-state index contributed by atoms with van der Waals surface area (Å²) >= 11 is 0. The van der Waals surface area contributed by atoms with Crippen molar-refractivity contribution in [1.82, 2.24) is 5.32 Å². The van der Waals surface area contributed by atoms with Crippen LogP contribution in [0.2, 0.25) is 0 Å². The number of amides is 1. The van der Waals surface area contributed by atoms with Gasteiger partial charge in [0.15, 0.2) is 0 Å². The Morgan fingerprint density at radius 2 is 1.68 bits per heavy atom. The maximum Gasteiger partial charge on any atom is 0.303 e. The van der Waals surface area contributed by atoms with Gasteiger partial charge in [-0.05, 0) is 23.5 Å². The van der Waals surface area contributed by atoms with Crippen molar-refractivity contribution in [2.45, 2.75) is 38.5 Å². The summed E-state index contributed by atoms with van der Waals surface area (Å²) in [4.78, 5) is 22.5. The molecule has 4 heteroatoms. The molecule has 1 atom stereocenters. The molecular weight excluding hydrogens is 242 g/mol. The van der Waals surface area contributed by atoms with Crippen LogP contribution >= 0.6 is 0 Å². The summed E-state index contributed by atoms with van der Waals surface area (Å²) < 4.78 is 0. The van der Waals surface area contributed by atoms with Crippen molar-refractivity contribution in [2.75, 3.05) is 7.05 Å².